The minimum Gasteiger partial charge on any atom is -0.342 e. The van der Waals surface area contributed by atoms with Gasteiger partial charge >= 0.3 is 0 Å². The molecule has 0 radical (unpaired) electrons. The van der Waals surface area contributed by atoms with Gasteiger partial charge in [0.05, 0.1) is 6.42 Å². The predicted molar refractivity (Wildman–Crippen MR) is 80.7 cm³/mol. The van der Waals surface area contributed by atoms with Crippen LogP contribution in [0.1, 0.15) is 18.9 Å². The Hall–Kier alpha value is -0.770. The van der Waals surface area contributed by atoms with Gasteiger partial charge in [0.2, 0.25) is 5.91 Å². The van der Waals surface area contributed by atoms with Gasteiger partial charge in [0.1, 0.15) is 0 Å². The molecule has 1 aliphatic heterocycles. The van der Waals surface area contributed by atoms with Crippen molar-refractivity contribution in [3.05, 3.63) is 34.9 Å². The summed E-state index contributed by atoms with van der Waals surface area (Å²) in [5.41, 5.74) is 6.85. The number of hydrogen-bond acceptors (Lipinski definition) is 2. The van der Waals surface area contributed by atoms with Crippen LogP contribution in [0.25, 0.3) is 0 Å². The minimum atomic E-state index is 0. The molecular weight excluding hydrogens is 283 g/mol. The molecule has 1 heterocycles. The summed E-state index contributed by atoms with van der Waals surface area (Å²) in [7, 11) is 0. The maximum Gasteiger partial charge on any atom is 0.227 e. The number of carbonyl (C=O) groups is 1. The van der Waals surface area contributed by atoms with Crippen LogP contribution in [0, 0.1) is 5.92 Å². The second-order valence-electron chi connectivity index (χ2n) is 5.05. The highest BCUT2D eigenvalue weighted by Gasteiger charge is 2.28. The molecule has 0 aromatic heterocycles. The highest BCUT2D eigenvalue weighted by atomic mass is 35.5. The van der Waals surface area contributed by atoms with Crippen molar-refractivity contribution in [1.29, 1.82) is 0 Å². The van der Waals surface area contributed by atoms with Crippen LogP contribution in [-0.2, 0) is 11.2 Å². The molecule has 3 nitrogen and oxygen atoms in total. The Labute approximate surface area is 125 Å². The third-order valence-electron chi connectivity index (χ3n) is 3.57. The summed E-state index contributed by atoms with van der Waals surface area (Å²) >= 11 is 5.91. The first-order valence-electron chi connectivity index (χ1n) is 6.34. The lowest BCUT2D eigenvalue weighted by molar-refractivity contribution is -0.129. The maximum atomic E-state index is 12.1. The number of rotatable bonds is 3. The zero-order valence-electron chi connectivity index (χ0n) is 11.0. The number of halogens is 2. The number of carbonyl (C=O) groups excluding carboxylic acids is 1. The van der Waals surface area contributed by atoms with Crippen molar-refractivity contribution in [3.8, 4) is 0 Å². The highest BCUT2D eigenvalue weighted by molar-refractivity contribution is 6.30. The second kappa shape index (κ2) is 7.13. The van der Waals surface area contributed by atoms with Crippen LogP contribution in [0.15, 0.2) is 24.3 Å². The third kappa shape index (κ3) is 4.37. The molecule has 0 bridgehead atoms. The zero-order valence-corrected chi connectivity index (χ0v) is 12.6. The number of amides is 1. The molecule has 1 saturated heterocycles. The summed E-state index contributed by atoms with van der Waals surface area (Å²) in [6.07, 6.45) is 1.44. The highest BCUT2D eigenvalue weighted by Crippen LogP contribution is 2.20. The van der Waals surface area contributed by atoms with E-state index in [-0.39, 0.29) is 24.4 Å². The molecule has 19 heavy (non-hydrogen) atoms. The van der Waals surface area contributed by atoms with Gasteiger partial charge in [-0.3, -0.25) is 4.79 Å². The average molecular weight is 303 g/mol. The predicted octanol–water partition coefficient (Wildman–Crippen LogP) is 2.50. The Morgan fingerprint density at radius 3 is 2.89 bits per heavy atom. The molecule has 2 N–H and O–H groups in total. The van der Waals surface area contributed by atoms with Crippen molar-refractivity contribution < 1.29 is 4.79 Å². The van der Waals surface area contributed by atoms with Crippen molar-refractivity contribution in [2.75, 3.05) is 13.1 Å². The second-order valence-corrected chi connectivity index (χ2v) is 5.49. The third-order valence-corrected chi connectivity index (χ3v) is 3.80. The summed E-state index contributed by atoms with van der Waals surface area (Å²) in [6, 6.07) is 7.63. The molecule has 106 valence electrons. The molecule has 2 unspecified atom stereocenters. The van der Waals surface area contributed by atoms with Crippen LogP contribution in [0.2, 0.25) is 5.02 Å². The maximum absolute atomic E-state index is 12.1. The van der Waals surface area contributed by atoms with E-state index in [1.54, 1.807) is 0 Å². The van der Waals surface area contributed by atoms with Crippen molar-refractivity contribution in [1.82, 2.24) is 4.90 Å². The molecule has 0 aliphatic carbocycles. The fraction of sp³-hybridized carbons (Fsp3) is 0.500. The van der Waals surface area contributed by atoms with Gasteiger partial charge in [-0.25, -0.2) is 0 Å². The van der Waals surface area contributed by atoms with Crippen molar-refractivity contribution in [2.45, 2.75) is 25.8 Å². The molecule has 2 rings (SSSR count). The molecule has 0 saturated carbocycles. The van der Waals surface area contributed by atoms with Gasteiger partial charge in [-0.2, -0.15) is 0 Å². The number of nitrogens with two attached hydrogens (primary N) is 1. The zero-order chi connectivity index (χ0) is 13.1. The summed E-state index contributed by atoms with van der Waals surface area (Å²) in [5.74, 6) is 0.605. The number of likely N-dealkylation sites (tertiary alicyclic amines) is 1. The number of benzene rings is 1. The van der Waals surface area contributed by atoms with E-state index in [0.717, 1.165) is 25.1 Å². The van der Waals surface area contributed by atoms with E-state index in [1.165, 1.54) is 0 Å². The van der Waals surface area contributed by atoms with E-state index < -0.39 is 0 Å². The fourth-order valence-corrected chi connectivity index (χ4v) is 2.59. The SMILES string of the molecule is CC(N)C1CCN(C(=O)Cc2cccc(Cl)c2)C1.Cl. The molecule has 1 amide bonds. The Morgan fingerprint density at radius 2 is 2.32 bits per heavy atom. The van der Waals surface area contributed by atoms with Gasteiger partial charge in [0.25, 0.3) is 0 Å². The lowest BCUT2D eigenvalue weighted by atomic mass is 10.0. The van der Waals surface area contributed by atoms with Gasteiger partial charge in [0, 0.05) is 24.2 Å². The van der Waals surface area contributed by atoms with E-state index in [9.17, 15) is 4.79 Å². The summed E-state index contributed by atoms with van der Waals surface area (Å²) < 4.78 is 0. The Balaban J connectivity index is 0.00000180. The molecule has 1 aromatic carbocycles. The van der Waals surface area contributed by atoms with Crippen LogP contribution in [-0.4, -0.2) is 29.9 Å². The largest absolute Gasteiger partial charge is 0.342 e. The fourth-order valence-electron chi connectivity index (χ4n) is 2.38. The number of nitrogens with zero attached hydrogens (tertiary/aromatic N) is 1. The summed E-state index contributed by atoms with van der Waals surface area (Å²) in [5, 5.41) is 0.676. The summed E-state index contributed by atoms with van der Waals surface area (Å²) in [6.45, 7) is 3.62. The Bertz CT molecular complexity index is 437. The number of hydrogen-bond donors (Lipinski definition) is 1. The molecule has 1 aliphatic rings. The lowest BCUT2D eigenvalue weighted by Gasteiger charge is -2.18. The van der Waals surface area contributed by atoms with Crippen LogP contribution in [0.5, 0.6) is 0 Å². The molecule has 2 atom stereocenters. The monoisotopic (exact) mass is 302 g/mol. The van der Waals surface area contributed by atoms with E-state index in [2.05, 4.69) is 0 Å². The quantitative estimate of drug-likeness (QED) is 0.932. The van der Waals surface area contributed by atoms with Crippen LogP contribution in [0.3, 0.4) is 0 Å². The molecule has 1 aromatic rings. The van der Waals surface area contributed by atoms with Gasteiger partial charge in [-0.05, 0) is 37.0 Å². The van der Waals surface area contributed by atoms with Crippen LogP contribution >= 0.6 is 24.0 Å². The normalized spacial score (nSPS) is 19.9. The van der Waals surface area contributed by atoms with Gasteiger partial charge in [-0.1, -0.05) is 23.7 Å². The average Bonchev–Trinajstić information content (AvgIpc) is 2.78. The van der Waals surface area contributed by atoms with Crippen molar-refractivity contribution in [3.63, 3.8) is 0 Å². The smallest absolute Gasteiger partial charge is 0.227 e. The first-order chi connectivity index (χ1) is 8.56. The Morgan fingerprint density at radius 1 is 1.58 bits per heavy atom. The molecule has 5 heteroatoms. The topological polar surface area (TPSA) is 46.3 Å². The van der Waals surface area contributed by atoms with Crippen molar-refractivity contribution in [2.24, 2.45) is 11.7 Å². The van der Waals surface area contributed by atoms with E-state index in [0.29, 0.717) is 17.4 Å². The molecule has 0 spiro atoms. The van der Waals surface area contributed by atoms with Gasteiger partial charge in [-0.15, -0.1) is 12.4 Å². The van der Waals surface area contributed by atoms with Crippen LogP contribution in [0.4, 0.5) is 0 Å². The Kier molecular flexibility index (Phi) is 6.11. The summed E-state index contributed by atoms with van der Waals surface area (Å²) in [4.78, 5) is 14.0. The van der Waals surface area contributed by atoms with E-state index in [4.69, 9.17) is 17.3 Å². The standard InChI is InChI=1S/C14H19ClN2O.ClH/c1-10(16)12-5-6-17(9-12)14(18)8-11-3-2-4-13(15)7-11;/h2-4,7,10,12H,5-6,8-9,16H2,1H3;1H. The van der Waals surface area contributed by atoms with E-state index in [1.807, 2.05) is 36.1 Å². The lowest BCUT2D eigenvalue weighted by Crippen LogP contribution is -2.33. The van der Waals surface area contributed by atoms with Crippen molar-refractivity contribution >= 4 is 29.9 Å². The van der Waals surface area contributed by atoms with Crippen LogP contribution < -0.4 is 5.73 Å². The first-order valence-corrected chi connectivity index (χ1v) is 6.72. The molecular formula is C14H20Cl2N2O. The first kappa shape index (κ1) is 16.3. The van der Waals surface area contributed by atoms with Gasteiger partial charge < -0.3 is 10.6 Å². The van der Waals surface area contributed by atoms with Gasteiger partial charge in [0.15, 0.2) is 0 Å². The van der Waals surface area contributed by atoms with E-state index >= 15 is 0 Å². The molecule has 1 fully saturated rings. The minimum absolute atomic E-state index is 0.